The molecular formula is C16H18NO4P. The fourth-order valence-corrected chi connectivity index (χ4v) is 2.74. The second-order valence-corrected chi connectivity index (χ2v) is 5.99. The molecule has 0 saturated heterocycles. The number of alkyl carbamates (subject to hydrolysis) is 1. The van der Waals surface area contributed by atoms with E-state index in [4.69, 9.17) is 9.26 Å². The highest BCUT2D eigenvalue weighted by atomic mass is 31.2. The van der Waals surface area contributed by atoms with Gasteiger partial charge >= 0.3 is 6.09 Å². The summed E-state index contributed by atoms with van der Waals surface area (Å²) >= 11 is 0. The molecule has 1 amide bonds. The molecule has 0 bridgehead atoms. The average Bonchev–Trinajstić information content (AvgIpc) is 2.59. The maximum atomic E-state index is 11.9. The van der Waals surface area contributed by atoms with Crippen LogP contribution in [-0.2, 0) is 15.9 Å². The van der Waals surface area contributed by atoms with Gasteiger partial charge in [-0.15, -0.1) is 0 Å². The van der Waals surface area contributed by atoms with Gasteiger partial charge in [0.15, 0.2) is 8.38 Å². The topological polar surface area (TPSA) is 67.8 Å². The lowest BCUT2D eigenvalue weighted by molar-refractivity contribution is 0.137. The van der Waals surface area contributed by atoms with Crippen LogP contribution in [0.15, 0.2) is 60.7 Å². The zero-order valence-corrected chi connectivity index (χ0v) is 13.1. The van der Waals surface area contributed by atoms with Gasteiger partial charge in [0.1, 0.15) is 12.4 Å². The van der Waals surface area contributed by atoms with Gasteiger partial charge in [-0.2, -0.15) is 0 Å². The summed E-state index contributed by atoms with van der Waals surface area (Å²) in [5.74, 6) is -0.635. The number of rotatable bonds is 6. The molecule has 0 heterocycles. The van der Waals surface area contributed by atoms with Crippen molar-refractivity contribution in [3.63, 3.8) is 0 Å². The Morgan fingerprint density at radius 3 is 2.32 bits per heavy atom. The molecule has 2 aromatic rings. The van der Waals surface area contributed by atoms with E-state index in [1.165, 1.54) is 7.11 Å². The zero-order valence-electron chi connectivity index (χ0n) is 12.2. The molecule has 116 valence electrons. The monoisotopic (exact) mass is 319 g/mol. The third-order valence-electron chi connectivity index (χ3n) is 2.99. The van der Waals surface area contributed by atoms with Crippen LogP contribution in [0.4, 0.5) is 4.79 Å². The lowest BCUT2D eigenvalue weighted by atomic mass is 10.2. The zero-order chi connectivity index (χ0) is 15.8. The van der Waals surface area contributed by atoms with Crippen LogP contribution in [0.3, 0.4) is 0 Å². The Labute approximate surface area is 130 Å². The maximum Gasteiger partial charge on any atom is 0.408 e. The highest BCUT2D eigenvalue weighted by Gasteiger charge is 2.24. The van der Waals surface area contributed by atoms with Crippen molar-refractivity contribution in [2.75, 3.05) is 7.11 Å². The van der Waals surface area contributed by atoms with E-state index in [2.05, 4.69) is 5.32 Å². The summed E-state index contributed by atoms with van der Waals surface area (Å²) < 4.78 is 10.1. The minimum atomic E-state index is -1.83. The largest absolute Gasteiger partial charge is 0.445 e. The fraction of sp³-hybridized carbons (Fsp3) is 0.188. The van der Waals surface area contributed by atoms with Crippen LogP contribution in [0, 0.1) is 0 Å². The molecule has 0 spiro atoms. The standard InChI is InChI=1S/C16H18NO4P/c1-20-22(19)15(14-10-6-3-7-11-14)17-16(18)21-12-13-8-4-2-5-9-13/h2-11,15,19H,12H2,1H3,(H,17,18). The molecule has 22 heavy (non-hydrogen) atoms. The van der Waals surface area contributed by atoms with E-state index in [1.54, 1.807) is 0 Å². The molecule has 2 rings (SSSR count). The Morgan fingerprint density at radius 1 is 1.14 bits per heavy atom. The molecule has 0 radical (unpaired) electrons. The minimum Gasteiger partial charge on any atom is -0.445 e. The summed E-state index contributed by atoms with van der Waals surface area (Å²) in [6.45, 7) is 0.171. The summed E-state index contributed by atoms with van der Waals surface area (Å²) in [7, 11) is -0.426. The molecule has 0 aliphatic heterocycles. The molecule has 0 saturated carbocycles. The normalized spacial score (nSPS) is 13.2. The van der Waals surface area contributed by atoms with Crippen molar-refractivity contribution in [3.05, 3.63) is 71.8 Å². The van der Waals surface area contributed by atoms with Crippen molar-refractivity contribution in [2.24, 2.45) is 0 Å². The number of carbonyl (C=O) groups excluding carboxylic acids is 1. The number of hydrogen-bond donors (Lipinski definition) is 2. The van der Waals surface area contributed by atoms with Crippen molar-refractivity contribution in [3.8, 4) is 0 Å². The fourth-order valence-electron chi connectivity index (χ4n) is 1.88. The van der Waals surface area contributed by atoms with Gasteiger partial charge in [-0.1, -0.05) is 60.7 Å². The third kappa shape index (κ3) is 4.81. The van der Waals surface area contributed by atoms with Crippen molar-refractivity contribution in [2.45, 2.75) is 12.4 Å². The average molecular weight is 319 g/mol. The number of amides is 1. The number of ether oxygens (including phenoxy) is 1. The highest BCUT2D eigenvalue weighted by Crippen LogP contribution is 2.45. The van der Waals surface area contributed by atoms with Gasteiger partial charge in [0.25, 0.3) is 0 Å². The van der Waals surface area contributed by atoms with Crippen LogP contribution in [0.1, 0.15) is 16.9 Å². The van der Waals surface area contributed by atoms with Crippen molar-refractivity contribution in [1.82, 2.24) is 5.32 Å². The van der Waals surface area contributed by atoms with Crippen molar-refractivity contribution < 1.29 is 18.9 Å². The molecule has 0 fully saturated rings. The van der Waals surface area contributed by atoms with E-state index in [1.807, 2.05) is 60.7 Å². The number of hydrogen-bond acceptors (Lipinski definition) is 4. The molecule has 0 aliphatic carbocycles. The van der Waals surface area contributed by atoms with E-state index in [-0.39, 0.29) is 6.61 Å². The Hall–Kier alpha value is -1.94. The quantitative estimate of drug-likeness (QED) is 0.799. The lowest BCUT2D eigenvalue weighted by Crippen LogP contribution is -2.28. The van der Waals surface area contributed by atoms with E-state index < -0.39 is 20.3 Å². The predicted octanol–water partition coefficient (Wildman–Crippen LogP) is 3.56. The van der Waals surface area contributed by atoms with Crippen LogP contribution in [0.5, 0.6) is 0 Å². The number of benzene rings is 2. The van der Waals surface area contributed by atoms with Crippen molar-refractivity contribution >= 4 is 14.5 Å². The first-order chi connectivity index (χ1) is 10.7. The van der Waals surface area contributed by atoms with Gasteiger partial charge in [-0.05, 0) is 11.1 Å². The first-order valence-electron chi connectivity index (χ1n) is 6.75. The lowest BCUT2D eigenvalue weighted by Gasteiger charge is -2.22. The molecule has 2 N–H and O–H groups in total. The third-order valence-corrected chi connectivity index (χ3v) is 4.23. The van der Waals surface area contributed by atoms with Gasteiger partial charge in [0.2, 0.25) is 0 Å². The van der Waals surface area contributed by atoms with E-state index in [0.717, 1.165) is 11.1 Å². The second-order valence-electron chi connectivity index (χ2n) is 4.50. The second kappa shape index (κ2) is 8.49. The van der Waals surface area contributed by atoms with Crippen LogP contribution < -0.4 is 5.32 Å². The van der Waals surface area contributed by atoms with Crippen LogP contribution in [-0.4, -0.2) is 18.1 Å². The summed E-state index contributed by atoms with van der Waals surface area (Å²) in [5.41, 5.74) is 1.65. The smallest absolute Gasteiger partial charge is 0.408 e. The van der Waals surface area contributed by atoms with Gasteiger partial charge in [-0.25, -0.2) is 4.79 Å². The van der Waals surface area contributed by atoms with E-state index in [0.29, 0.717) is 0 Å². The van der Waals surface area contributed by atoms with Crippen LogP contribution in [0.2, 0.25) is 0 Å². The maximum absolute atomic E-state index is 11.9. The summed E-state index contributed by atoms with van der Waals surface area (Å²) in [6.07, 6.45) is -0.601. The molecule has 2 aromatic carbocycles. The Bertz CT molecular complexity index is 579. The molecule has 5 nitrogen and oxygen atoms in total. The van der Waals surface area contributed by atoms with Crippen molar-refractivity contribution in [1.29, 1.82) is 0 Å². The molecule has 0 aromatic heterocycles. The first kappa shape index (κ1) is 16.4. The molecule has 2 atom stereocenters. The predicted molar refractivity (Wildman–Crippen MR) is 85.1 cm³/mol. The van der Waals surface area contributed by atoms with Crippen LogP contribution >= 0.6 is 8.38 Å². The van der Waals surface area contributed by atoms with Gasteiger partial charge in [0.05, 0.1) is 0 Å². The first-order valence-corrected chi connectivity index (χ1v) is 8.03. The summed E-state index contributed by atoms with van der Waals surface area (Å²) in [5, 5.41) is 2.65. The number of carbonyl (C=O) groups is 1. The minimum absolute atomic E-state index is 0.171. The summed E-state index contributed by atoms with van der Waals surface area (Å²) in [4.78, 5) is 21.9. The number of nitrogens with one attached hydrogen (secondary N) is 1. The molecule has 0 aliphatic rings. The molecular weight excluding hydrogens is 301 g/mol. The van der Waals surface area contributed by atoms with Crippen LogP contribution in [0.25, 0.3) is 0 Å². The molecule has 2 unspecified atom stereocenters. The Kier molecular flexibility index (Phi) is 6.34. The van der Waals surface area contributed by atoms with Gasteiger partial charge in [-0.3, -0.25) is 0 Å². The van der Waals surface area contributed by atoms with Gasteiger partial charge < -0.3 is 19.5 Å². The Morgan fingerprint density at radius 2 is 1.73 bits per heavy atom. The van der Waals surface area contributed by atoms with Gasteiger partial charge in [0, 0.05) is 7.11 Å². The highest BCUT2D eigenvalue weighted by molar-refractivity contribution is 7.46. The van der Waals surface area contributed by atoms with E-state index in [9.17, 15) is 9.69 Å². The Balaban J connectivity index is 1.96. The summed E-state index contributed by atoms with van der Waals surface area (Å²) in [6, 6.07) is 18.5. The van der Waals surface area contributed by atoms with E-state index >= 15 is 0 Å². The SMILES string of the molecule is COP(O)C(NC(=O)OCc1ccccc1)c1ccccc1. The molecule has 6 heteroatoms.